The Labute approximate surface area is 151 Å². The number of benzene rings is 1. The van der Waals surface area contributed by atoms with Gasteiger partial charge in [0.15, 0.2) is 0 Å². The number of anilines is 1. The summed E-state index contributed by atoms with van der Waals surface area (Å²) < 4.78 is 47.7. The van der Waals surface area contributed by atoms with Gasteiger partial charge in [0, 0.05) is 17.8 Å². The molecule has 3 aromatic rings. The van der Waals surface area contributed by atoms with E-state index in [9.17, 15) is 13.2 Å². The predicted octanol–water partition coefficient (Wildman–Crippen LogP) is 3.89. The quantitative estimate of drug-likeness (QED) is 0.691. The van der Waals surface area contributed by atoms with Crippen LogP contribution in [0.4, 0.5) is 19.1 Å². The monoisotopic (exact) mass is 383 g/mol. The van der Waals surface area contributed by atoms with Crippen LogP contribution in [-0.2, 0) is 0 Å². The highest BCUT2D eigenvalue weighted by Crippen LogP contribution is 2.39. The highest BCUT2D eigenvalue weighted by Gasteiger charge is 2.44. The number of hydrogen-bond donors (Lipinski definition) is 1. The molecule has 2 aromatic heterocycles. The predicted molar refractivity (Wildman–Crippen MR) is 89.2 cm³/mol. The van der Waals surface area contributed by atoms with Crippen molar-refractivity contribution in [1.82, 2.24) is 19.7 Å². The fraction of sp³-hybridized carbons (Fsp3) is 0.188. The van der Waals surface area contributed by atoms with E-state index in [2.05, 4.69) is 15.1 Å². The van der Waals surface area contributed by atoms with E-state index >= 15 is 0 Å². The molecule has 1 atom stereocenters. The molecule has 2 heterocycles. The third kappa shape index (κ3) is 3.88. The van der Waals surface area contributed by atoms with E-state index in [1.807, 2.05) is 0 Å². The number of aryl methyl sites for hydroxylation is 1. The SMILES string of the molecule is Cc1ccn(-c2ccccc2[C@@H](Oc2cc(Cl)nc(N)n2)C(F)(F)F)n1. The van der Waals surface area contributed by atoms with Crippen LogP contribution in [0.2, 0.25) is 5.15 Å². The second-order valence-corrected chi connectivity index (χ2v) is 5.77. The summed E-state index contributed by atoms with van der Waals surface area (Å²) in [5.74, 6) is -0.666. The molecule has 1 aromatic carbocycles. The molecular weight excluding hydrogens is 371 g/mol. The molecule has 2 N–H and O–H groups in total. The van der Waals surface area contributed by atoms with Gasteiger partial charge in [-0.1, -0.05) is 29.8 Å². The maximum absolute atomic E-state index is 13.7. The molecule has 6 nitrogen and oxygen atoms in total. The summed E-state index contributed by atoms with van der Waals surface area (Å²) in [6.45, 7) is 1.74. The molecule has 0 radical (unpaired) electrons. The molecule has 0 aliphatic carbocycles. The average molecular weight is 384 g/mol. The molecule has 136 valence electrons. The maximum atomic E-state index is 13.7. The molecule has 0 bridgehead atoms. The van der Waals surface area contributed by atoms with Crippen molar-refractivity contribution < 1.29 is 17.9 Å². The van der Waals surface area contributed by atoms with Crippen LogP contribution < -0.4 is 10.5 Å². The Morgan fingerprint density at radius 2 is 1.92 bits per heavy atom. The van der Waals surface area contributed by atoms with Gasteiger partial charge in [0.1, 0.15) is 5.15 Å². The number of alkyl halides is 3. The summed E-state index contributed by atoms with van der Waals surface area (Å²) in [7, 11) is 0. The minimum Gasteiger partial charge on any atom is -0.459 e. The minimum absolute atomic E-state index is 0.121. The molecule has 3 rings (SSSR count). The van der Waals surface area contributed by atoms with Crippen LogP contribution in [0, 0.1) is 6.92 Å². The number of para-hydroxylation sites is 1. The highest BCUT2D eigenvalue weighted by atomic mass is 35.5. The Balaban J connectivity index is 2.07. The number of halogens is 4. The van der Waals surface area contributed by atoms with Gasteiger partial charge in [-0.15, -0.1) is 0 Å². The van der Waals surface area contributed by atoms with E-state index in [0.29, 0.717) is 5.69 Å². The first-order valence-electron chi connectivity index (χ1n) is 7.39. The Bertz CT molecular complexity index is 908. The van der Waals surface area contributed by atoms with Crippen molar-refractivity contribution in [3.8, 4) is 11.6 Å². The van der Waals surface area contributed by atoms with Crippen LogP contribution in [-0.4, -0.2) is 25.9 Å². The first-order chi connectivity index (χ1) is 12.2. The third-order valence-electron chi connectivity index (χ3n) is 3.41. The lowest BCUT2D eigenvalue weighted by Crippen LogP contribution is -2.27. The second kappa shape index (κ2) is 6.83. The van der Waals surface area contributed by atoms with Gasteiger partial charge in [0.2, 0.25) is 17.9 Å². The molecule has 0 fully saturated rings. The molecule has 0 unspecified atom stereocenters. The Morgan fingerprint density at radius 3 is 2.54 bits per heavy atom. The summed E-state index contributed by atoms with van der Waals surface area (Å²) in [4.78, 5) is 7.26. The first kappa shape index (κ1) is 18.0. The number of hydrogen-bond acceptors (Lipinski definition) is 5. The van der Waals surface area contributed by atoms with Crippen molar-refractivity contribution in [2.24, 2.45) is 0 Å². The largest absolute Gasteiger partial charge is 0.459 e. The van der Waals surface area contributed by atoms with Gasteiger partial charge in [0.25, 0.3) is 0 Å². The standard InChI is InChI=1S/C16H13ClF3N5O/c1-9-6-7-25(24-9)11-5-3-2-4-10(11)14(16(18,19)20)26-13-8-12(17)22-15(21)23-13/h2-8,14H,1H3,(H2,21,22,23)/t14-/m1/s1. The second-order valence-electron chi connectivity index (χ2n) is 5.39. The van der Waals surface area contributed by atoms with Gasteiger partial charge in [-0.3, -0.25) is 0 Å². The molecule has 0 aliphatic heterocycles. The van der Waals surface area contributed by atoms with E-state index in [1.165, 1.54) is 22.9 Å². The number of aromatic nitrogens is 4. The maximum Gasteiger partial charge on any atom is 0.429 e. The molecule has 0 amide bonds. The van der Waals surface area contributed by atoms with Crippen LogP contribution in [0.25, 0.3) is 5.69 Å². The number of nitrogen functional groups attached to an aromatic ring is 1. The fourth-order valence-electron chi connectivity index (χ4n) is 2.37. The first-order valence-corrected chi connectivity index (χ1v) is 7.77. The van der Waals surface area contributed by atoms with E-state index in [0.717, 1.165) is 6.07 Å². The normalized spacial score (nSPS) is 12.8. The topological polar surface area (TPSA) is 78.9 Å². The van der Waals surface area contributed by atoms with Gasteiger partial charge in [-0.05, 0) is 19.1 Å². The minimum atomic E-state index is -4.72. The van der Waals surface area contributed by atoms with Crippen LogP contribution in [0.15, 0.2) is 42.6 Å². The van der Waals surface area contributed by atoms with Gasteiger partial charge in [-0.2, -0.15) is 23.3 Å². The zero-order chi connectivity index (χ0) is 18.9. The summed E-state index contributed by atoms with van der Waals surface area (Å²) in [6, 6.07) is 8.69. The highest BCUT2D eigenvalue weighted by molar-refractivity contribution is 6.29. The van der Waals surface area contributed by atoms with Crippen molar-refractivity contribution >= 4 is 17.5 Å². The van der Waals surface area contributed by atoms with E-state index in [4.69, 9.17) is 22.1 Å². The molecule has 0 aliphatic rings. The van der Waals surface area contributed by atoms with Crippen molar-refractivity contribution in [2.75, 3.05) is 5.73 Å². The van der Waals surface area contributed by atoms with Crippen LogP contribution in [0.5, 0.6) is 5.88 Å². The molecule has 0 saturated carbocycles. The molecule has 10 heteroatoms. The van der Waals surface area contributed by atoms with Crippen LogP contribution in [0.1, 0.15) is 17.4 Å². The number of rotatable bonds is 4. The Hall–Kier alpha value is -2.81. The van der Waals surface area contributed by atoms with E-state index in [-0.39, 0.29) is 28.2 Å². The van der Waals surface area contributed by atoms with Crippen LogP contribution >= 0.6 is 11.6 Å². The third-order valence-corrected chi connectivity index (χ3v) is 3.61. The zero-order valence-corrected chi connectivity index (χ0v) is 14.2. The fourth-order valence-corrected chi connectivity index (χ4v) is 2.55. The summed E-state index contributed by atoms with van der Waals surface area (Å²) in [5, 5.41) is 4.05. The lowest BCUT2D eigenvalue weighted by molar-refractivity contribution is -0.198. The number of ether oxygens (including phenoxy) is 1. The molecule has 0 spiro atoms. The Morgan fingerprint density at radius 1 is 1.19 bits per heavy atom. The van der Waals surface area contributed by atoms with Gasteiger partial charge in [0.05, 0.1) is 11.4 Å². The molecule has 0 saturated heterocycles. The zero-order valence-electron chi connectivity index (χ0n) is 13.4. The van der Waals surface area contributed by atoms with Crippen molar-refractivity contribution in [3.05, 3.63) is 59.0 Å². The average Bonchev–Trinajstić information content (AvgIpc) is 2.97. The van der Waals surface area contributed by atoms with Crippen LogP contribution in [0.3, 0.4) is 0 Å². The molecule has 26 heavy (non-hydrogen) atoms. The summed E-state index contributed by atoms with van der Waals surface area (Å²) in [6.07, 6.45) is -5.44. The smallest absolute Gasteiger partial charge is 0.429 e. The lowest BCUT2D eigenvalue weighted by Gasteiger charge is -2.23. The van der Waals surface area contributed by atoms with Gasteiger partial charge >= 0.3 is 6.18 Å². The van der Waals surface area contributed by atoms with Crippen molar-refractivity contribution in [3.63, 3.8) is 0 Å². The summed E-state index contributed by atoms with van der Waals surface area (Å²) >= 11 is 5.72. The van der Waals surface area contributed by atoms with E-state index in [1.54, 1.807) is 25.3 Å². The lowest BCUT2D eigenvalue weighted by atomic mass is 10.1. The molecular formula is C16H13ClF3N5O. The van der Waals surface area contributed by atoms with Gasteiger partial charge < -0.3 is 10.5 Å². The van der Waals surface area contributed by atoms with Crippen molar-refractivity contribution in [1.29, 1.82) is 0 Å². The van der Waals surface area contributed by atoms with Gasteiger partial charge in [-0.25, -0.2) is 9.67 Å². The Kier molecular flexibility index (Phi) is 4.73. The number of nitrogens with two attached hydrogens (primary N) is 1. The number of nitrogens with zero attached hydrogens (tertiary/aromatic N) is 4. The summed E-state index contributed by atoms with van der Waals surface area (Å²) in [5.41, 5.74) is 6.20. The van der Waals surface area contributed by atoms with E-state index < -0.39 is 12.3 Å². The van der Waals surface area contributed by atoms with Crippen molar-refractivity contribution in [2.45, 2.75) is 19.2 Å².